The highest BCUT2D eigenvalue weighted by molar-refractivity contribution is 7.99. The molecule has 0 spiro atoms. The standard InChI is InChI=1S/C11H15NO3S/c1-8(6-13)7-16-11-5-10(12(14)15)4-3-9(11)2/h3-5,8,13H,6-7H2,1-2H3. The van der Waals surface area contributed by atoms with Crippen molar-refractivity contribution in [3.05, 3.63) is 33.9 Å². The minimum Gasteiger partial charge on any atom is -0.396 e. The lowest BCUT2D eigenvalue weighted by molar-refractivity contribution is -0.385. The van der Waals surface area contributed by atoms with E-state index in [2.05, 4.69) is 0 Å². The third kappa shape index (κ3) is 3.50. The Morgan fingerprint density at radius 2 is 2.25 bits per heavy atom. The fourth-order valence-electron chi connectivity index (χ4n) is 1.14. The van der Waals surface area contributed by atoms with Gasteiger partial charge >= 0.3 is 0 Å². The van der Waals surface area contributed by atoms with Gasteiger partial charge in [0.2, 0.25) is 0 Å². The van der Waals surface area contributed by atoms with Crippen molar-refractivity contribution in [2.24, 2.45) is 5.92 Å². The maximum atomic E-state index is 10.6. The zero-order chi connectivity index (χ0) is 12.1. The Bertz CT molecular complexity index is 381. The second-order valence-electron chi connectivity index (χ2n) is 3.81. The van der Waals surface area contributed by atoms with E-state index < -0.39 is 0 Å². The number of benzene rings is 1. The summed E-state index contributed by atoms with van der Waals surface area (Å²) in [4.78, 5) is 11.1. The van der Waals surface area contributed by atoms with Gasteiger partial charge in [-0.15, -0.1) is 11.8 Å². The summed E-state index contributed by atoms with van der Waals surface area (Å²) in [5.41, 5.74) is 1.14. The molecule has 0 aromatic heterocycles. The molecule has 0 heterocycles. The van der Waals surface area contributed by atoms with E-state index in [1.54, 1.807) is 23.9 Å². The van der Waals surface area contributed by atoms with Crippen LogP contribution < -0.4 is 0 Å². The predicted octanol–water partition coefficient (Wildman–Crippen LogP) is 2.62. The van der Waals surface area contributed by atoms with Crippen molar-refractivity contribution in [2.45, 2.75) is 18.7 Å². The summed E-state index contributed by atoms with van der Waals surface area (Å²) < 4.78 is 0. The van der Waals surface area contributed by atoms with Crippen LogP contribution in [0.15, 0.2) is 23.1 Å². The fourth-order valence-corrected chi connectivity index (χ4v) is 2.21. The average molecular weight is 241 g/mol. The maximum absolute atomic E-state index is 10.6. The molecule has 16 heavy (non-hydrogen) atoms. The number of nitro benzene ring substituents is 1. The molecular formula is C11H15NO3S. The molecule has 1 N–H and O–H groups in total. The van der Waals surface area contributed by atoms with E-state index in [0.29, 0.717) is 0 Å². The molecule has 0 saturated carbocycles. The SMILES string of the molecule is Cc1ccc([N+](=O)[O-])cc1SCC(C)CO. The van der Waals surface area contributed by atoms with E-state index in [0.717, 1.165) is 16.2 Å². The van der Waals surface area contributed by atoms with E-state index >= 15 is 0 Å². The zero-order valence-corrected chi connectivity index (χ0v) is 10.2. The van der Waals surface area contributed by atoms with Crippen LogP contribution in [0.5, 0.6) is 0 Å². The monoisotopic (exact) mass is 241 g/mol. The van der Waals surface area contributed by atoms with Gasteiger partial charge < -0.3 is 5.11 Å². The van der Waals surface area contributed by atoms with Gasteiger partial charge in [-0.05, 0) is 18.4 Å². The Balaban J connectivity index is 2.78. The van der Waals surface area contributed by atoms with Crippen molar-refractivity contribution >= 4 is 17.4 Å². The maximum Gasteiger partial charge on any atom is 0.270 e. The second kappa shape index (κ2) is 5.86. The van der Waals surface area contributed by atoms with Crippen LogP contribution in [0.1, 0.15) is 12.5 Å². The molecule has 0 aliphatic heterocycles. The van der Waals surface area contributed by atoms with Gasteiger partial charge in [-0.1, -0.05) is 13.0 Å². The predicted molar refractivity (Wildman–Crippen MR) is 64.8 cm³/mol. The molecule has 5 heteroatoms. The van der Waals surface area contributed by atoms with Gasteiger partial charge in [0.25, 0.3) is 5.69 Å². The molecule has 1 unspecified atom stereocenters. The number of non-ortho nitro benzene ring substituents is 1. The van der Waals surface area contributed by atoms with E-state index in [9.17, 15) is 10.1 Å². The first-order chi connectivity index (χ1) is 7.54. The molecule has 0 saturated heterocycles. The highest BCUT2D eigenvalue weighted by Crippen LogP contribution is 2.28. The van der Waals surface area contributed by atoms with Crippen LogP contribution in [-0.2, 0) is 0 Å². The van der Waals surface area contributed by atoms with Gasteiger partial charge in [0.05, 0.1) is 4.92 Å². The summed E-state index contributed by atoms with van der Waals surface area (Å²) in [7, 11) is 0. The van der Waals surface area contributed by atoms with Crippen molar-refractivity contribution in [2.75, 3.05) is 12.4 Å². The largest absolute Gasteiger partial charge is 0.396 e. The van der Waals surface area contributed by atoms with Gasteiger partial charge in [0.15, 0.2) is 0 Å². The van der Waals surface area contributed by atoms with Crippen molar-refractivity contribution < 1.29 is 10.0 Å². The van der Waals surface area contributed by atoms with Gasteiger partial charge in [-0.3, -0.25) is 10.1 Å². The summed E-state index contributed by atoms with van der Waals surface area (Å²) in [5.74, 6) is 0.960. The summed E-state index contributed by atoms with van der Waals surface area (Å²) in [5, 5.41) is 19.5. The normalized spacial score (nSPS) is 12.4. The smallest absolute Gasteiger partial charge is 0.270 e. The number of aliphatic hydroxyl groups is 1. The summed E-state index contributed by atoms with van der Waals surface area (Å²) in [6.07, 6.45) is 0. The molecule has 4 nitrogen and oxygen atoms in total. The zero-order valence-electron chi connectivity index (χ0n) is 9.34. The molecule has 1 rings (SSSR count). The second-order valence-corrected chi connectivity index (χ2v) is 4.87. The number of nitrogens with zero attached hydrogens (tertiary/aromatic N) is 1. The molecule has 1 aromatic carbocycles. The van der Waals surface area contributed by atoms with Crippen molar-refractivity contribution in [1.29, 1.82) is 0 Å². The van der Waals surface area contributed by atoms with Crippen LogP contribution in [0.4, 0.5) is 5.69 Å². The third-order valence-electron chi connectivity index (χ3n) is 2.22. The Labute approximate surface area is 98.8 Å². The molecule has 0 bridgehead atoms. The fraction of sp³-hybridized carbons (Fsp3) is 0.455. The van der Waals surface area contributed by atoms with E-state index in [1.807, 2.05) is 13.8 Å². The first-order valence-electron chi connectivity index (χ1n) is 5.03. The minimum absolute atomic E-state index is 0.116. The Morgan fingerprint density at radius 1 is 1.56 bits per heavy atom. The lowest BCUT2D eigenvalue weighted by Gasteiger charge is -2.09. The molecule has 0 aliphatic rings. The third-order valence-corrected chi connectivity index (χ3v) is 3.70. The lowest BCUT2D eigenvalue weighted by Crippen LogP contribution is -2.03. The average Bonchev–Trinajstić information content (AvgIpc) is 2.27. The highest BCUT2D eigenvalue weighted by atomic mass is 32.2. The summed E-state index contributed by atoms with van der Waals surface area (Å²) >= 11 is 1.55. The lowest BCUT2D eigenvalue weighted by atomic mass is 10.2. The van der Waals surface area contributed by atoms with Crippen LogP contribution in [0.2, 0.25) is 0 Å². The molecule has 0 fully saturated rings. The van der Waals surface area contributed by atoms with Crippen molar-refractivity contribution in [1.82, 2.24) is 0 Å². The highest BCUT2D eigenvalue weighted by Gasteiger charge is 2.10. The topological polar surface area (TPSA) is 63.4 Å². The van der Waals surface area contributed by atoms with Gasteiger partial charge in [0, 0.05) is 29.4 Å². The minimum atomic E-state index is -0.390. The number of hydrogen-bond donors (Lipinski definition) is 1. The van der Waals surface area contributed by atoms with Crippen molar-refractivity contribution in [3.63, 3.8) is 0 Å². The van der Waals surface area contributed by atoms with E-state index in [4.69, 9.17) is 5.11 Å². The number of aliphatic hydroxyl groups excluding tert-OH is 1. The molecule has 1 atom stereocenters. The van der Waals surface area contributed by atoms with Crippen LogP contribution in [0.3, 0.4) is 0 Å². The van der Waals surface area contributed by atoms with Crippen LogP contribution in [0.25, 0.3) is 0 Å². The summed E-state index contributed by atoms with van der Waals surface area (Å²) in [6.45, 7) is 4.01. The Kier molecular flexibility index (Phi) is 4.76. The van der Waals surface area contributed by atoms with Gasteiger partial charge in [-0.25, -0.2) is 0 Å². The Hall–Kier alpha value is -1.07. The number of thioether (sulfide) groups is 1. The molecular weight excluding hydrogens is 226 g/mol. The quantitative estimate of drug-likeness (QED) is 0.489. The Morgan fingerprint density at radius 3 is 2.81 bits per heavy atom. The number of hydrogen-bond acceptors (Lipinski definition) is 4. The van der Waals surface area contributed by atoms with Crippen LogP contribution in [0, 0.1) is 23.0 Å². The van der Waals surface area contributed by atoms with Crippen molar-refractivity contribution in [3.8, 4) is 0 Å². The molecule has 0 aliphatic carbocycles. The number of aryl methyl sites for hydroxylation is 1. The van der Waals surface area contributed by atoms with E-state index in [1.165, 1.54) is 6.07 Å². The number of nitro groups is 1. The van der Waals surface area contributed by atoms with Crippen LogP contribution in [-0.4, -0.2) is 22.4 Å². The summed E-state index contributed by atoms with van der Waals surface area (Å²) in [6, 6.07) is 4.85. The van der Waals surface area contributed by atoms with Gasteiger partial charge in [0.1, 0.15) is 0 Å². The molecule has 88 valence electrons. The molecule has 0 radical (unpaired) electrons. The van der Waals surface area contributed by atoms with Gasteiger partial charge in [-0.2, -0.15) is 0 Å². The van der Waals surface area contributed by atoms with Crippen LogP contribution >= 0.6 is 11.8 Å². The first-order valence-corrected chi connectivity index (χ1v) is 6.02. The number of rotatable bonds is 5. The molecule has 1 aromatic rings. The molecule has 0 amide bonds. The van der Waals surface area contributed by atoms with E-state index in [-0.39, 0.29) is 23.1 Å². The first kappa shape index (κ1) is 13.0.